The molecule has 1 amide bonds. The molecular formula is C12H20N4O. The molecule has 0 atom stereocenters. The SMILES string of the molecule is CCCNCCNC(=O)c1cc(C)nnc1C. The summed E-state index contributed by atoms with van der Waals surface area (Å²) < 4.78 is 0. The predicted molar refractivity (Wildman–Crippen MR) is 67.0 cm³/mol. The maximum atomic E-state index is 11.8. The van der Waals surface area contributed by atoms with E-state index >= 15 is 0 Å². The Labute approximate surface area is 102 Å². The maximum absolute atomic E-state index is 11.8. The summed E-state index contributed by atoms with van der Waals surface area (Å²) in [6.45, 7) is 8.11. The first-order valence-electron chi connectivity index (χ1n) is 5.95. The van der Waals surface area contributed by atoms with Gasteiger partial charge in [0.2, 0.25) is 0 Å². The van der Waals surface area contributed by atoms with Gasteiger partial charge < -0.3 is 10.6 Å². The first-order valence-corrected chi connectivity index (χ1v) is 5.95. The molecule has 1 aromatic rings. The van der Waals surface area contributed by atoms with E-state index in [4.69, 9.17) is 0 Å². The van der Waals surface area contributed by atoms with Gasteiger partial charge in [0.15, 0.2) is 0 Å². The molecule has 2 N–H and O–H groups in total. The number of nitrogens with zero attached hydrogens (tertiary/aromatic N) is 2. The van der Waals surface area contributed by atoms with Crippen LogP contribution in [0.3, 0.4) is 0 Å². The summed E-state index contributed by atoms with van der Waals surface area (Å²) in [6, 6.07) is 1.76. The predicted octanol–water partition coefficient (Wildman–Crippen LogP) is 0.823. The lowest BCUT2D eigenvalue weighted by atomic mass is 10.2. The van der Waals surface area contributed by atoms with Crippen molar-refractivity contribution in [2.24, 2.45) is 0 Å². The van der Waals surface area contributed by atoms with E-state index in [9.17, 15) is 4.79 Å². The number of carbonyl (C=O) groups is 1. The Hall–Kier alpha value is -1.49. The molecule has 1 aromatic heterocycles. The van der Waals surface area contributed by atoms with Gasteiger partial charge in [0.05, 0.1) is 17.0 Å². The number of hydrogen-bond acceptors (Lipinski definition) is 4. The van der Waals surface area contributed by atoms with Crippen LogP contribution in [0.2, 0.25) is 0 Å². The summed E-state index contributed by atoms with van der Waals surface area (Å²) >= 11 is 0. The number of hydrogen-bond donors (Lipinski definition) is 2. The first kappa shape index (κ1) is 13.6. The Kier molecular flexibility index (Phi) is 5.56. The fourth-order valence-corrected chi connectivity index (χ4v) is 1.44. The van der Waals surface area contributed by atoms with E-state index in [1.165, 1.54) is 0 Å². The molecule has 0 aliphatic rings. The molecule has 0 bridgehead atoms. The molecule has 94 valence electrons. The quantitative estimate of drug-likeness (QED) is 0.718. The van der Waals surface area contributed by atoms with Crippen molar-refractivity contribution in [3.63, 3.8) is 0 Å². The molecule has 0 aliphatic heterocycles. The van der Waals surface area contributed by atoms with Crippen LogP contribution in [0.15, 0.2) is 6.07 Å². The number of aromatic nitrogens is 2. The lowest BCUT2D eigenvalue weighted by Crippen LogP contribution is -2.32. The van der Waals surface area contributed by atoms with Gasteiger partial charge in [-0.05, 0) is 32.9 Å². The number of amides is 1. The van der Waals surface area contributed by atoms with E-state index in [0.29, 0.717) is 17.8 Å². The van der Waals surface area contributed by atoms with Gasteiger partial charge in [-0.1, -0.05) is 6.92 Å². The van der Waals surface area contributed by atoms with E-state index in [-0.39, 0.29) is 5.91 Å². The van der Waals surface area contributed by atoms with E-state index < -0.39 is 0 Å². The van der Waals surface area contributed by atoms with Crippen LogP contribution >= 0.6 is 0 Å². The summed E-state index contributed by atoms with van der Waals surface area (Å²) in [5.41, 5.74) is 2.02. The third-order valence-electron chi connectivity index (χ3n) is 2.36. The van der Waals surface area contributed by atoms with Gasteiger partial charge in [0.25, 0.3) is 5.91 Å². The molecular weight excluding hydrogens is 216 g/mol. The van der Waals surface area contributed by atoms with E-state index in [1.807, 2.05) is 6.92 Å². The highest BCUT2D eigenvalue weighted by atomic mass is 16.1. The average molecular weight is 236 g/mol. The smallest absolute Gasteiger partial charge is 0.253 e. The van der Waals surface area contributed by atoms with Gasteiger partial charge in [0, 0.05) is 13.1 Å². The Morgan fingerprint density at radius 1 is 1.24 bits per heavy atom. The van der Waals surface area contributed by atoms with Crippen LogP contribution in [0.4, 0.5) is 0 Å². The number of aryl methyl sites for hydroxylation is 2. The van der Waals surface area contributed by atoms with Crippen LogP contribution in [0.1, 0.15) is 35.1 Å². The minimum Gasteiger partial charge on any atom is -0.351 e. The van der Waals surface area contributed by atoms with Crippen molar-refractivity contribution in [3.8, 4) is 0 Å². The van der Waals surface area contributed by atoms with Crippen LogP contribution in [0, 0.1) is 13.8 Å². The summed E-state index contributed by atoms with van der Waals surface area (Å²) in [4.78, 5) is 11.8. The molecule has 0 spiro atoms. The molecule has 0 radical (unpaired) electrons. The molecule has 17 heavy (non-hydrogen) atoms. The van der Waals surface area contributed by atoms with Crippen molar-refractivity contribution >= 4 is 5.91 Å². The standard InChI is InChI=1S/C12H20N4O/c1-4-5-13-6-7-14-12(17)11-8-9(2)15-16-10(11)3/h8,13H,4-7H2,1-3H3,(H,14,17). The van der Waals surface area contributed by atoms with Gasteiger partial charge in [-0.2, -0.15) is 10.2 Å². The first-order chi connectivity index (χ1) is 8.15. The molecule has 0 aromatic carbocycles. The molecule has 1 rings (SSSR count). The molecule has 5 nitrogen and oxygen atoms in total. The zero-order valence-electron chi connectivity index (χ0n) is 10.7. The second kappa shape index (κ2) is 6.96. The van der Waals surface area contributed by atoms with Crippen molar-refractivity contribution < 1.29 is 4.79 Å². The molecule has 1 heterocycles. The van der Waals surface area contributed by atoms with E-state index in [0.717, 1.165) is 25.2 Å². The minimum absolute atomic E-state index is 0.0844. The highest BCUT2D eigenvalue weighted by molar-refractivity contribution is 5.95. The second-order valence-electron chi connectivity index (χ2n) is 3.99. The lowest BCUT2D eigenvalue weighted by molar-refractivity contribution is 0.0952. The van der Waals surface area contributed by atoms with Crippen LogP contribution in [-0.4, -0.2) is 35.7 Å². The van der Waals surface area contributed by atoms with Crippen LogP contribution in [-0.2, 0) is 0 Å². The van der Waals surface area contributed by atoms with Gasteiger partial charge in [-0.3, -0.25) is 4.79 Å². The Bertz CT molecular complexity index is 379. The van der Waals surface area contributed by atoms with E-state index in [2.05, 4.69) is 27.8 Å². The Balaban J connectivity index is 2.44. The van der Waals surface area contributed by atoms with Crippen LogP contribution in [0.25, 0.3) is 0 Å². The normalized spacial score (nSPS) is 10.3. The van der Waals surface area contributed by atoms with Crippen molar-refractivity contribution in [3.05, 3.63) is 23.0 Å². The third-order valence-corrected chi connectivity index (χ3v) is 2.36. The summed E-state index contributed by atoms with van der Waals surface area (Å²) in [5, 5.41) is 13.9. The Morgan fingerprint density at radius 2 is 2.00 bits per heavy atom. The van der Waals surface area contributed by atoms with Crippen molar-refractivity contribution in [2.75, 3.05) is 19.6 Å². The Morgan fingerprint density at radius 3 is 2.71 bits per heavy atom. The third kappa shape index (κ3) is 4.48. The van der Waals surface area contributed by atoms with Gasteiger partial charge >= 0.3 is 0 Å². The zero-order chi connectivity index (χ0) is 12.7. The topological polar surface area (TPSA) is 66.9 Å². The minimum atomic E-state index is -0.0844. The number of rotatable bonds is 6. The lowest BCUT2D eigenvalue weighted by Gasteiger charge is -2.07. The molecule has 5 heteroatoms. The summed E-state index contributed by atoms with van der Waals surface area (Å²) in [6.07, 6.45) is 1.10. The fraction of sp³-hybridized carbons (Fsp3) is 0.583. The van der Waals surface area contributed by atoms with Crippen LogP contribution in [0.5, 0.6) is 0 Å². The van der Waals surface area contributed by atoms with Gasteiger partial charge in [-0.15, -0.1) is 0 Å². The van der Waals surface area contributed by atoms with Crippen molar-refractivity contribution in [2.45, 2.75) is 27.2 Å². The highest BCUT2D eigenvalue weighted by Gasteiger charge is 2.09. The molecule has 0 saturated carbocycles. The van der Waals surface area contributed by atoms with Gasteiger partial charge in [-0.25, -0.2) is 0 Å². The molecule has 0 saturated heterocycles. The summed E-state index contributed by atoms with van der Waals surface area (Å²) in [7, 11) is 0. The fourth-order valence-electron chi connectivity index (χ4n) is 1.44. The molecule has 0 fully saturated rings. The monoisotopic (exact) mass is 236 g/mol. The number of carbonyl (C=O) groups excluding carboxylic acids is 1. The van der Waals surface area contributed by atoms with Crippen molar-refractivity contribution in [1.82, 2.24) is 20.8 Å². The summed E-state index contributed by atoms with van der Waals surface area (Å²) in [5.74, 6) is -0.0844. The van der Waals surface area contributed by atoms with Gasteiger partial charge in [0.1, 0.15) is 0 Å². The zero-order valence-corrected chi connectivity index (χ0v) is 10.7. The average Bonchev–Trinajstić information content (AvgIpc) is 2.32. The van der Waals surface area contributed by atoms with Crippen molar-refractivity contribution in [1.29, 1.82) is 0 Å². The second-order valence-corrected chi connectivity index (χ2v) is 3.99. The largest absolute Gasteiger partial charge is 0.351 e. The van der Waals surface area contributed by atoms with E-state index in [1.54, 1.807) is 13.0 Å². The maximum Gasteiger partial charge on any atom is 0.253 e. The van der Waals surface area contributed by atoms with Crippen LogP contribution < -0.4 is 10.6 Å². The molecule has 0 unspecified atom stereocenters. The molecule has 0 aliphatic carbocycles. The number of nitrogens with one attached hydrogen (secondary N) is 2. The highest BCUT2D eigenvalue weighted by Crippen LogP contribution is 2.04.